The first-order valence-corrected chi connectivity index (χ1v) is 11.1. The number of hydrogen-bond acceptors (Lipinski definition) is 5. The van der Waals surface area contributed by atoms with E-state index in [0.29, 0.717) is 16.1 Å². The van der Waals surface area contributed by atoms with Crippen LogP contribution in [-0.2, 0) is 5.41 Å². The molecule has 7 rings (SSSR count). The molecule has 0 atom stereocenters. The first-order chi connectivity index (χ1) is 13.6. The Morgan fingerprint density at radius 2 is 1.79 bits per heavy atom. The van der Waals surface area contributed by atoms with Crippen LogP contribution < -0.4 is 5.73 Å². The number of pyridine rings is 2. The highest BCUT2D eigenvalue weighted by atomic mass is 32.1. The van der Waals surface area contributed by atoms with Crippen molar-refractivity contribution in [2.24, 2.45) is 17.8 Å². The summed E-state index contributed by atoms with van der Waals surface area (Å²) in [5.41, 5.74) is 9.42. The van der Waals surface area contributed by atoms with Crippen molar-refractivity contribution in [3.63, 3.8) is 0 Å². The van der Waals surface area contributed by atoms with E-state index in [1.165, 1.54) is 55.4 Å². The van der Waals surface area contributed by atoms with Crippen LogP contribution in [0.15, 0.2) is 36.8 Å². The van der Waals surface area contributed by atoms with Crippen LogP contribution in [0.4, 0.5) is 5.69 Å². The molecule has 4 nitrogen and oxygen atoms in total. The summed E-state index contributed by atoms with van der Waals surface area (Å²) in [6.07, 6.45) is 13.3. The summed E-state index contributed by atoms with van der Waals surface area (Å²) in [5.74, 6) is 2.55. The molecule has 4 fully saturated rings. The molecule has 0 radical (unpaired) electrons. The molecule has 0 saturated heterocycles. The minimum Gasteiger partial charge on any atom is -0.397 e. The van der Waals surface area contributed by atoms with E-state index in [2.05, 4.69) is 16.0 Å². The second kappa shape index (κ2) is 5.86. The van der Waals surface area contributed by atoms with Crippen molar-refractivity contribution in [3.05, 3.63) is 52.8 Å². The summed E-state index contributed by atoms with van der Waals surface area (Å²) < 4.78 is 0. The number of nitrogens with zero attached hydrogens (tertiary/aromatic N) is 2. The van der Waals surface area contributed by atoms with Gasteiger partial charge in [-0.1, -0.05) is 0 Å². The largest absolute Gasteiger partial charge is 0.397 e. The van der Waals surface area contributed by atoms with E-state index >= 15 is 0 Å². The molecule has 4 saturated carbocycles. The van der Waals surface area contributed by atoms with Gasteiger partial charge in [0.25, 0.3) is 0 Å². The molecule has 3 heterocycles. The molecule has 4 bridgehead atoms. The molecule has 4 aliphatic carbocycles. The molecule has 3 aromatic rings. The smallest absolute Gasteiger partial charge is 0.206 e. The Labute approximate surface area is 168 Å². The molecule has 3 aromatic heterocycles. The van der Waals surface area contributed by atoms with Gasteiger partial charge >= 0.3 is 0 Å². The fourth-order valence-electron chi connectivity index (χ4n) is 6.72. The quantitative estimate of drug-likeness (QED) is 0.642. The van der Waals surface area contributed by atoms with E-state index in [1.54, 1.807) is 24.5 Å². The molecule has 0 spiro atoms. The highest BCUT2D eigenvalue weighted by Gasteiger charge is 2.52. The number of carbonyl (C=O) groups excluding carboxylic acids is 1. The molecule has 5 heteroatoms. The molecule has 2 N–H and O–H groups in total. The lowest BCUT2D eigenvalue weighted by Crippen LogP contribution is -2.48. The Morgan fingerprint density at radius 3 is 2.43 bits per heavy atom. The van der Waals surface area contributed by atoms with Gasteiger partial charge < -0.3 is 5.73 Å². The van der Waals surface area contributed by atoms with Gasteiger partial charge in [0, 0.05) is 29.5 Å². The average molecular weight is 390 g/mol. The minimum atomic E-state index is -0.0509. The van der Waals surface area contributed by atoms with Crippen molar-refractivity contribution in [2.45, 2.75) is 43.9 Å². The first kappa shape index (κ1) is 16.7. The summed E-state index contributed by atoms with van der Waals surface area (Å²) in [6.45, 7) is 0. The van der Waals surface area contributed by atoms with Crippen LogP contribution in [0.3, 0.4) is 0 Å². The second-order valence-corrected chi connectivity index (χ2v) is 10.2. The number of rotatable bonds is 3. The number of carbonyl (C=O) groups is 1. The van der Waals surface area contributed by atoms with Gasteiger partial charge in [-0.05, 0) is 85.5 Å². The van der Waals surface area contributed by atoms with Crippen LogP contribution in [0.25, 0.3) is 10.2 Å². The third-order valence-corrected chi connectivity index (χ3v) is 8.48. The number of fused-ring (bicyclic) bond motifs is 1. The van der Waals surface area contributed by atoms with Gasteiger partial charge in [0.1, 0.15) is 9.71 Å². The van der Waals surface area contributed by atoms with E-state index < -0.39 is 0 Å². The lowest BCUT2D eigenvalue weighted by atomic mass is 9.48. The molecule has 4 aliphatic rings. The van der Waals surface area contributed by atoms with Crippen LogP contribution in [-0.4, -0.2) is 15.8 Å². The lowest BCUT2D eigenvalue weighted by Gasteiger charge is -2.57. The zero-order valence-corrected chi connectivity index (χ0v) is 16.5. The van der Waals surface area contributed by atoms with Gasteiger partial charge in [0.05, 0.1) is 5.69 Å². The predicted molar refractivity (Wildman–Crippen MR) is 112 cm³/mol. The third kappa shape index (κ3) is 2.32. The maximum Gasteiger partial charge on any atom is 0.206 e. The first-order valence-electron chi connectivity index (χ1n) is 10.3. The van der Waals surface area contributed by atoms with Crippen molar-refractivity contribution in [1.29, 1.82) is 0 Å². The molecule has 142 valence electrons. The SMILES string of the molecule is Nc1c(C(=O)c2cccnc2)sc2nccc(C34CC5CC(CC(C5)C3)C4)c12. The summed E-state index contributed by atoms with van der Waals surface area (Å²) in [6, 6.07) is 5.78. The topological polar surface area (TPSA) is 68.9 Å². The van der Waals surface area contributed by atoms with Crippen molar-refractivity contribution in [3.8, 4) is 0 Å². The fraction of sp³-hybridized carbons (Fsp3) is 0.435. The van der Waals surface area contributed by atoms with Gasteiger partial charge in [0.15, 0.2) is 0 Å². The summed E-state index contributed by atoms with van der Waals surface area (Å²) in [4.78, 5) is 23.2. The van der Waals surface area contributed by atoms with Gasteiger partial charge in [-0.2, -0.15) is 0 Å². The van der Waals surface area contributed by atoms with Crippen LogP contribution in [0.5, 0.6) is 0 Å². The number of thiophene rings is 1. The molecule has 0 aliphatic heterocycles. The van der Waals surface area contributed by atoms with Crippen LogP contribution in [0, 0.1) is 17.8 Å². The summed E-state index contributed by atoms with van der Waals surface area (Å²) >= 11 is 1.43. The maximum absolute atomic E-state index is 13.1. The Balaban J connectivity index is 1.50. The standard InChI is InChI=1S/C23H23N3OS/c24-19-18-17(23-9-13-6-14(10-23)8-15(7-13)11-23)3-5-26-22(18)28-21(19)20(27)16-2-1-4-25-12-16/h1-5,12-15H,6-11,24H2. The van der Waals surface area contributed by atoms with Crippen molar-refractivity contribution >= 4 is 33.0 Å². The monoisotopic (exact) mass is 389 g/mol. The number of ketones is 1. The van der Waals surface area contributed by atoms with E-state index in [0.717, 1.165) is 28.0 Å². The Morgan fingerprint density at radius 1 is 1.07 bits per heavy atom. The second-order valence-electron chi connectivity index (χ2n) is 9.15. The Bertz CT molecular complexity index is 1050. The number of anilines is 1. The molecule has 28 heavy (non-hydrogen) atoms. The van der Waals surface area contributed by atoms with Crippen LogP contribution in [0.1, 0.15) is 59.3 Å². The van der Waals surface area contributed by atoms with E-state index in [9.17, 15) is 4.79 Å². The van der Waals surface area contributed by atoms with E-state index in [-0.39, 0.29) is 11.2 Å². The highest BCUT2D eigenvalue weighted by molar-refractivity contribution is 7.21. The molecular formula is C23H23N3OS. The molecule has 0 amide bonds. The van der Waals surface area contributed by atoms with Gasteiger partial charge in [-0.15, -0.1) is 11.3 Å². The highest BCUT2D eigenvalue weighted by Crippen LogP contribution is 2.62. The molecular weight excluding hydrogens is 366 g/mol. The minimum absolute atomic E-state index is 0.0509. The number of nitrogens with two attached hydrogens (primary N) is 1. The zero-order chi connectivity index (χ0) is 18.9. The van der Waals surface area contributed by atoms with Crippen molar-refractivity contribution in [1.82, 2.24) is 9.97 Å². The average Bonchev–Trinajstić information content (AvgIpc) is 3.04. The zero-order valence-electron chi connectivity index (χ0n) is 15.7. The Hall–Kier alpha value is -2.27. The maximum atomic E-state index is 13.1. The molecule has 0 unspecified atom stereocenters. The van der Waals surface area contributed by atoms with Gasteiger partial charge in [-0.25, -0.2) is 4.98 Å². The summed E-state index contributed by atoms with van der Waals surface area (Å²) in [7, 11) is 0. The van der Waals surface area contributed by atoms with Crippen LogP contribution in [0.2, 0.25) is 0 Å². The van der Waals surface area contributed by atoms with Gasteiger partial charge in [-0.3, -0.25) is 9.78 Å². The van der Waals surface area contributed by atoms with Gasteiger partial charge in [0.2, 0.25) is 5.78 Å². The van der Waals surface area contributed by atoms with Crippen molar-refractivity contribution < 1.29 is 4.79 Å². The van der Waals surface area contributed by atoms with E-state index in [4.69, 9.17) is 5.73 Å². The van der Waals surface area contributed by atoms with Crippen LogP contribution >= 0.6 is 11.3 Å². The number of hydrogen-bond donors (Lipinski definition) is 1. The lowest BCUT2D eigenvalue weighted by molar-refractivity contribution is -0.00450. The third-order valence-electron chi connectivity index (χ3n) is 7.37. The fourth-order valence-corrected chi connectivity index (χ4v) is 7.78. The van der Waals surface area contributed by atoms with Crippen molar-refractivity contribution in [2.75, 3.05) is 5.73 Å². The number of nitrogen functional groups attached to an aromatic ring is 1. The normalized spacial score (nSPS) is 30.8. The summed E-state index contributed by atoms with van der Waals surface area (Å²) in [5, 5.41) is 1.04. The number of aromatic nitrogens is 2. The van der Waals surface area contributed by atoms with E-state index in [1.807, 2.05) is 6.20 Å². The predicted octanol–water partition coefficient (Wildman–Crippen LogP) is 4.97. The molecule has 0 aromatic carbocycles. The Kier molecular flexibility index (Phi) is 3.49.